The van der Waals surface area contributed by atoms with Crippen molar-refractivity contribution in [1.29, 1.82) is 0 Å². The Bertz CT molecular complexity index is 590. The second-order valence-corrected chi connectivity index (χ2v) is 3.38. The van der Waals surface area contributed by atoms with E-state index in [9.17, 15) is 15.2 Å². The molecule has 0 unspecified atom stereocenters. The molecule has 80 valence electrons. The summed E-state index contributed by atoms with van der Waals surface area (Å²) in [6.07, 6.45) is 1.66. The van der Waals surface area contributed by atoms with Crippen molar-refractivity contribution in [2.45, 2.75) is 0 Å². The molecule has 2 aromatic carbocycles. The van der Waals surface area contributed by atoms with Crippen molar-refractivity contribution in [3.05, 3.63) is 52.6 Å². The Kier molecular flexibility index (Phi) is 2.32. The van der Waals surface area contributed by atoms with Crippen molar-refractivity contribution in [3.8, 4) is 5.75 Å². The summed E-state index contributed by atoms with van der Waals surface area (Å²) in [5.74, 6) is -0.316. The molecule has 0 saturated carbocycles. The van der Waals surface area contributed by atoms with Gasteiger partial charge in [0, 0.05) is 0 Å². The number of aromatic hydroxyl groups is 1. The number of rotatable bonds is 2. The van der Waals surface area contributed by atoms with Crippen LogP contribution in [-0.2, 0) is 0 Å². The van der Waals surface area contributed by atoms with Gasteiger partial charge in [-0.1, -0.05) is 24.8 Å². The second-order valence-electron chi connectivity index (χ2n) is 3.38. The molecule has 0 aromatic heterocycles. The summed E-state index contributed by atoms with van der Waals surface area (Å²) in [7, 11) is 0. The lowest BCUT2D eigenvalue weighted by Crippen LogP contribution is -1.90. The van der Waals surface area contributed by atoms with E-state index in [0.717, 1.165) is 5.56 Å². The minimum absolute atomic E-state index is 0.256. The lowest BCUT2D eigenvalue weighted by Gasteiger charge is -2.02. The van der Waals surface area contributed by atoms with Crippen LogP contribution in [0.25, 0.3) is 16.8 Å². The van der Waals surface area contributed by atoms with Gasteiger partial charge in [0.2, 0.25) is 0 Å². The van der Waals surface area contributed by atoms with Gasteiger partial charge in [-0.2, -0.15) is 0 Å². The summed E-state index contributed by atoms with van der Waals surface area (Å²) in [6.45, 7) is 3.63. The van der Waals surface area contributed by atoms with E-state index < -0.39 is 4.92 Å². The number of fused-ring (bicyclic) bond motifs is 1. The summed E-state index contributed by atoms with van der Waals surface area (Å²) < 4.78 is 0. The van der Waals surface area contributed by atoms with Crippen LogP contribution in [0.4, 0.5) is 5.69 Å². The molecule has 1 N–H and O–H groups in total. The van der Waals surface area contributed by atoms with Crippen LogP contribution in [-0.4, -0.2) is 10.0 Å². The molecule has 0 heterocycles. The summed E-state index contributed by atoms with van der Waals surface area (Å²) in [4.78, 5) is 10.2. The Balaban J connectivity index is 2.84. The van der Waals surface area contributed by atoms with Crippen molar-refractivity contribution in [2.75, 3.05) is 0 Å². The standard InChI is InChI=1S/C12H9NO3/c1-2-8-3-5-10-9(7-8)4-6-11(14)12(10)13(15)16/h2-7,14H,1H2. The van der Waals surface area contributed by atoms with Crippen LogP contribution in [0.15, 0.2) is 36.9 Å². The number of nitrogens with zero attached hydrogens (tertiary/aromatic N) is 1. The van der Waals surface area contributed by atoms with Crippen LogP contribution in [0.1, 0.15) is 5.56 Å². The third kappa shape index (κ3) is 1.50. The predicted molar refractivity (Wildman–Crippen MR) is 62.4 cm³/mol. The molecule has 0 aliphatic carbocycles. The first kappa shape index (κ1) is 10.2. The van der Waals surface area contributed by atoms with Crippen molar-refractivity contribution in [2.24, 2.45) is 0 Å². The van der Waals surface area contributed by atoms with Crippen molar-refractivity contribution < 1.29 is 10.0 Å². The molecule has 0 aliphatic heterocycles. The van der Waals surface area contributed by atoms with E-state index in [-0.39, 0.29) is 11.4 Å². The predicted octanol–water partition coefficient (Wildman–Crippen LogP) is 3.10. The van der Waals surface area contributed by atoms with E-state index in [1.54, 1.807) is 30.3 Å². The van der Waals surface area contributed by atoms with Gasteiger partial charge >= 0.3 is 5.69 Å². The Morgan fingerprint density at radius 1 is 1.31 bits per heavy atom. The topological polar surface area (TPSA) is 63.4 Å². The van der Waals surface area contributed by atoms with E-state index in [4.69, 9.17) is 0 Å². The van der Waals surface area contributed by atoms with Gasteiger partial charge in [0.05, 0.1) is 10.3 Å². The number of nitro groups is 1. The fourth-order valence-electron chi connectivity index (χ4n) is 1.64. The van der Waals surface area contributed by atoms with Crippen LogP contribution in [0.5, 0.6) is 5.75 Å². The Morgan fingerprint density at radius 2 is 2.06 bits per heavy atom. The zero-order chi connectivity index (χ0) is 11.7. The molecule has 0 atom stereocenters. The smallest absolute Gasteiger partial charge is 0.318 e. The molecular formula is C12H9NO3. The maximum Gasteiger partial charge on any atom is 0.318 e. The van der Waals surface area contributed by atoms with Gasteiger partial charge in [-0.25, -0.2) is 0 Å². The van der Waals surface area contributed by atoms with Crippen LogP contribution >= 0.6 is 0 Å². The average molecular weight is 215 g/mol. The van der Waals surface area contributed by atoms with E-state index in [2.05, 4.69) is 6.58 Å². The van der Waals surface area contributed by atoms with Gasteiger partial charge < -0.3 is 5.11 Å². The largest absolute Gasteiger partial charge is 0.502 e. The highest BCUT2D eigenvalue weighted by molar-refractivity contribution is 5.94. The van der Waals surface area contributed by atoms with E-state index in [1.165, 1.54) is 6.07 Å². The number of hydrogen-bond acceptors (Lipinski definition) is 3. The second kappa shape index (κ2) is 3.66. The molecule has 0 saturated heterocycles. The molecule has 0 spiro atoms. The van der Waals surface area contributed by atoms with Crippen LogP contribution in [0.3, 0.4) is 0 Å². The number of phenols is 1. The molecule has 0 aliphatic rings. The van der Waals surface area contributed by atoms with Gasteiger partial charge in [-0.15, -0.1) is 0 Å². The van der Waals surface area contributed by atoms with E-state index in [0.29, 0.717) is 10.8 Å². The van der Waals surface area contributed by atoms with E-state index >= 15 is 0 Å². The highest BCUT2D eigenvalue weighted by atomic mass is 16.6. The Morgan fingerprint density at radius 3 is 2.69 bits per heavy atom. The number of hydrogen-bond donors (Lipinski definition) is 1. The minimum Gasteiger partial charge on any atom is -0.502 e. The first-order chi connectivity index (χ1) is 7.63. The van der Waals surface area contributed by atoms with Gasteiger partial charge in [-0.3, -0.25) is 10.1 Å². The van der Waals surface area contributed by atoms with Crippen molar-refractivity contribution in [3.63, 3.8) is 0 Å². The van der Waals surface area contributed by atoms with Crippen molar-refractivity contribution in [1.82, 2.24) is 0 Å². The monoisotopic (exact) mass is 215 g/mol. The molecule has 0 fully saturated rings. The fraction of sp³-hybridized carbons (Fsp3) is 0. The molecule has 0 bridgehead atoms. The normalized spacial score (nSPS) is 10.2. The fourth-order valence-corrected chi connectivity index (χ4v) is 1.64. The molecule has 4 nitrogen and oxygen atoms in total. The average Bonchev–Trinajstić information content (AvgIpc) is 2.27. The zero-order valence-corrected chi connectivity index (χ0v) is 8.38. The summed E-state index contributed by atoms with van der Waals surface area (Å²) in [5, 5.41) is 21.4. The number of nitro benzene ring substituents is 1. The molecule has 2 aromatic rings. The zero-order valence-electron chi connectivity index (χ0n) is 8.38. The highest BCUT2D eigenvalue weighted by Crippen LogP contribution is 2.34. The minimum atomic E-state index is -0.578. The summed E-state index contributed by atoms with van der Waals surface area (Å²) in [6, 6.07) is 8.10. The van der Waals surface area contributed by atoms with Gasteiger partial charge in [-0.05, 0) is 29.1 Å². The first-order valence-electron chi connectivity index (χ1n) is 4.66. The van der Waals surface area contributed by atoms with Crippen molar-refractivity contribution >= 4 is 22.5 Å². The molecule has 2 rings (SSSR count). The maximum atomic E-state index is 10.8. The number of phenolic OH excluding ortho intramolecular Hbond substituents is 1. The first-order valence-corrected chi connectivity index (χ1v) is 4.66. The maximum absolute atomic E-state index is 10.8. The quantitative estimate of drug-likeness (QED) is 0.618. The lowest BCUT2D eigenvalue weighted by atomic mass is 10.0. The van der Waals surface area contributed by atoms with Gasteiger partial charge in [0.15, 0.2) is 5.75 Å². The highest BCUT2D eigenvalue weighted by Gasteiger charge is 2.17. The third-order valence-corrected chi connectivity index (χ3v) is 2.41. The summed E-state index contributed by atoms with van der Waals surface area (Å²) >= 11 is 0. The SMILES string of the molecule is C=Cc1ccc2c([N+](=O)[O-])c(O)ccc2c1. The summed E-state index contributed by atoms with van der Waals surface area (Å²) in [5.41, 5.74) is 0.626. The molecule has 16 heavy (non-hydrogen) atoms. The molecular weight excluding hydrogens is 206 g/mol. The Hall–Kier alpha value is -2.36. The molecule has 0 amide bonds. The van der Waals surface area contributed by atoms with Crippen LogP contribution in [0.2, 0.25) is 0 Å². The van der Waals surface area contributed by atoms with Crippen LogP contribution in [0, 0.1) is 10.1 Å². The van der Waals surface area contributed by atoms with Gasteiger partial charge in [0.1, 0.15) is 0 Å². The third-order valence-electron chi connectivity index (χ3n) is 2.41. The van der Waals surface area contributed by atoms with Crippen LogP contribution < -0.4 is 0 Å². The number of benzene rings is 2. The molecule has 4 heteroatoms. The van der Waals surface area contributed by atoms with Gasteiger partial charge in [0.25, 0.3) is 0 Å². The molecule has 0 radical (unpaired) electrons. The lowest BCUT2D eigenvalue weighted by molar-refractivity contribution is -0.384. The Labute approximate surface area is 91.6 Å². The van der Waals surface area contributed by atoms with E-state index in [1.807, 2.05) is 0 Å².